The Morgan fingerprint density at radius 2 is 1.85 bits per heavy atom. The molecule has 26 heavy (non-hydrogen) atoms. The first-order chi connectivity index (χ1) is 12.5. The van der Waals surface area contributed by atoms with Gasteiger partial charge in [-0.1, -0.05) is 29.8 Å². The highest BCUT2D eigenvalue weighted by molar-refractivity contribution is 7.92. The van der Waals surface area contributed by atoms with Gasteiger partial charge in [-0.05, 0) is 42.7 Å². The molecule has 5 nitrogen and oxygen atoms in total. The van der Waals surface area contributed by atoms with Crippen molar-refractivity contribution in [2.45, 2.75) is 19.1 Å². The lowest BCUT2D eigenvalue weighted by Gasteiger charge is -2.29. The molecule has 1 saturated heterocycles. The van der Waals surface area contributed by atoms with Gasteiger partial charge >= 0.3 is 0 Å². The van der Waals surface area contributed by atoms with Crippen molar-refractivity contribution in [3.05, 3.63) is 59.2 Å². The summed E-state index contributed by atoms with van der Waals surface area (Å²) in [6, 6.07) is 13.8. The zero-order valence-corrected chi connectivity index (χ0v) is 15.8. The van der Waals surface area contributed by atoms with Gasteiger partial charge in [-0.25, -0.2) is 8.42 Å². The molecule has 0 bridgehead atoms. The zero-order valence-electron chi connectivity index (χ0n) is 15.0. The number of aryl methyl sites for hydroxylation is 1. The van der Waals surface area contributed by atoms with E-state index in [9.17, 15) is 8.42 Å². The lowest BCUT2D eigenvalue weighted by molar-refractivity contribution is 0.122. The Morgan fingerprint density at radius 3 is 2.62 bits per heavy atom. The van der Waals surface area contributed by atoms with Gasteiger partial charge in [0.15, 0.2) is 0 Å². The van der Waals surface area contributed by atoms with Crippen LogP contribution < -0.4 is 9.21 Å². The second kappa shape index (κ2) is 6.93. The molecule has 0 amide bonds. The van der Waals surface area contributed by atoms with Crippen LogP contribution in [0.15, 0.2) is 42.5 Å². The Morgan fingerprint density at radius 1 is 1.04 bits per heavy atom. The van der Waals surface area contributed by atoms with Gasteiger partial charge in [0.05, 0.1) is 24.7 Å². The van der Waals surface area contributed by atoms with E-state index in [-0.39, 0.29) is 5.75 Å². The van der Waals surface area contributed by atoms with Gasteiger partial charge < -0.3 is 9.64 Å². The fraction of sp³-hybridized carbons (Fsp3) is 0.400. The van der Waals surface area contributed by atoms with Crippen molar-refractivity contribution in [2.24, 2.45) is 0 Å². The zero-order chi connectivity index (χ0) is 18.1. The van der Waals surface area contributed by atoms with Gasteiger partial charge in [0.2, 0.25) is 10.0 Å². The van der Waals surface area contributed by atoms with Crippen molar-refractivity contribution < 1.29 is 13.2 Å². The number of hydrogen-bond acceptors (Lipinski definition) is 4. The van der Waals surface area contributed by atoms with E-state index >= 15 is 0 Å². The fourth-order valence-electron chi connectivity index (χ4n) is 3.76. The second-order valence-corrected chi connectivity index (χ2v) is 8.87. The standard InChI is InChI=1S/C20H24N2O3S/c1-16-3-2-4-17(13-16)15-26(23,24)22-8-7-18-14-19(5-6-20(18)22)21-9-11-25-12-10-21/h2-6,13-14H,7-12,15H2,1H3. The van der Waals surface area contributed by atoms with E-state index < -0.39 is 10.0 Å². The predicted molar refractivity (Wildman–Crippen MR) is 104 cm³/mol. The maximum atomic E-state index is 13.0. The summed E-state index contributed by atoms with van der Waals surface area (Å²) in [5, 5.41) is 0. The molecule has 0 N–H and O–H groups in total. The van der Waals surface area contributed by atoms with Crippen molar-refractivity contribution in [1.82, 2.24) is 0 Å². The van der Waals surface area contributed by atoms with E-state index in [0.29, 0.717) is 6.54 Å². The third-order valence-electron chi connectivity index (χ3n) is 5.06. The average Bonchev–Trinajstić information content (AvgIpc) is 3.06. The van der Waals surface area contributed by atoms with Gasteiger partial charge in [-0.2, -0.15) is 0 Å². The van der Waals surface area contributed by atoms with Crippen molar-refractivity contribution in [3.63, 3.8) is 0 Å². The second-order valence-electron chi connectivity index (χ2n) is 6.98. The molecule has 1 fully saturated rings. The number of fused-ring (bicyclic) bond motifs is 1. The van der Waals surface area contributed by atoms with Gasteiger partial charge in [0.25, 0.3) is 0 Å². The SMILES string of the molecule is Cc1cccc(CS(=O)(=O)N2CCc3cc(N4CCOCC4)ccc32)c1. The Hall–Kier alpha value is -2.05. The summed E-state index contributed by atoms with van der Waals surface area (Å²) in [6.45, 7) is 5.76. The summed E-state index contributed by atoms with van der Waals surface area (Å²) in [5.41, 5.74) is 5.01. The van der Waals surface area contributed by atoms with Gasteiger partial charge in [0.1, 0.15) is 0 Å². The highest BCUT2D eigenvalue weighted by atomic mass is 32.2. The van der Waals surface area contributed by atoms with Crippen LogP contribution in [-0.2, 0) is 26.9 Å². The van der Waals surface area contributed by atoms with Crippen LogP contribution in [0.3, 0.4) is 0 Å². The first-order valence-electron chi connectivity index (χ1n) is 9.04. The third kappa shape index (κ3) is 3.44. The summed E-state index contributed by atoms with van der Waals surface area (Å²) in [5.74, 6) is 0.0410. The van der Waals surface area contributed by atoms with Crippen LogP contribution in [0, 0.1) is 6.92 Å². The minimum absolute atomic E-state index is 0.0410. The Labute approximate surface area is 155 Å². The first-order valence-corrected chi connectivity index (χ1v) is 10.7. The van der Waals surface area contributed by atoms with Crippen LogP contribution in [0.25, 0.3) is 0 Å². The number of rotatable bonds is 4. The van der Waals surface area contributed by atoms with Gasteiger partial charge in [-0.15, -0.1) is 0 Å². The summed E-state index contributed by atoms with van der Waals surface area (Å²) in [6.07, 6.45) is 0.764. The minimum Gasteiger partial charge on any atom is -0.378 e. The molecule has 138 valence electrons. The van der Waals surface area contributed by atoms with E-state index in [1.807, 2.05) is 43.3 Å². The maximum absolute atomic E-state index is 13.0. The Bertz CT molecular complexity index is 905. The minimum atomic E-state index is -3.38. The van der Waals surface area contributed by atoms with Gasteiger partial charge in [0, 0.05) is 25.3 Å². The third-order valence-corrected chi connectivity index (χ3v) is 6.81. The van der Waals surface area contributed by atoms with Crippen LogP contribution in [0.1, 0.15) is 16.7 Å². The topological polar surface area (TPSA) is 49.9 Å². The molecule has 4 rings (SSSR count). The Balaban J connectivity index is 1.57. The molecule has 2 aliphatic rings. The number of morpholine rings is 1. The lowest BCUT2D eigenvalue weighted by Crippen LogP contribution is -2.36. The molecule has 0 spiro atoms. The molecule has 0 unspecified atom stereocenters. The highest BCUT2D eigenvalue weighted by Gasteiger charge is 2.30. The largest absolute Gasteiger partial charge is 0.378 e. The Kier molecular flexibility index (Phi) is 4.63. The molecule has 0 saturated carbocycles. The van der Waals surface area contributed by atoms with Crippen LogP contribution in [0.2, 0.25) is 0 Å². The van der Waals surface area contributed by atoms with E-state index in [2.05, 4.69) is 11.0 Å². The van der Waals surface area contributed by atoms with E-state index in [1.54, 1.807) is 4.31 Å². The van der Waals surface area contributed by atoms with Crippen LogP contribution in [0.4, 0.5) is 11.4 Å². The molecule has 6 heteroatoms. The molecule has 0 atom stereocenters. The summed E-state index contributed by atoms with van der Waals surface area (Å²) < 4.78 is 32.9. The fourth-order valence-corrected chi connectivity index (χ4v) is 5.36. The summed E-state index contributed by atoms with van der Waals surface area (Å²) in [7, 11) is -3.38. The molecule has 2 heterocycles. The number of sulfonamides is 1. The number of benzene rings is 2. The van der Waals surface area contributed by atoms with E-state index in [4.69, 9.17) is 4.74 Å². The maximum Gasteiger partial charge on any atom is 0.239 e. The lowest BCUT2D eigenvalue weighted by atomic mass is 10.1. The quantitative estimate of drug-likeness (QED) is 0.828. The van der Waals surface area contributed by atoms with Crippen LogP contribution in [-0.4, -0.2) is 41.3 Å². The number of nitrogens with zero attached hydrogens (tertiary/aromatic N) is 2. The van der Waals surface area contributed by atoms with Crippen LogP contribution >= 0.6 is 0 Å². The van der Waals surface area contributed by atoms with E-state index in [1.165, 1.54) is 0 Å². The van der Waals surface area contributed by atoms with Crippen molar-refractivity contribution in [3.8, 4) is 0 Å². The molecule has 0 aromatic heterocycles. The van der Waals surface area contributed by atoms with Crippen molar-refractivity contribution >= 4 is 21.4 Å². The molecule has 0 aliphatic carbocycles. The predicted octanol–water partition coefficient (Wildman–Crippen LogP) is 2.72. The number of hydrogen-bond donors (Lipinski definition) is 0. The van der Waals surface area contributed by atoms with Crippen molar-refractivity contribution in [2.75, 3.05) is 42.1 Å². The normalized spacial score (nSPS) is 17.4. The molecule has 2 aliphatic heterocycles. The molecular weight excluding hydrogens is 348 g/mol. The first kappa shape index (κ1) is 17.4. The monoisotopic (exact) mass is 372 g/mol. The average molecular weight is 372 g/mol. The summed E-state index contributed by atoms with van der Waals surface area (Å²) >= 11 is 0. The smallest absolute Gasteiger partial charge is 0.239 e. The van der Waals surface area contributed by atoms with Crippen molar-refractivity contribution in [1.29, 1.82) is 0 Å². The van der Waals surface area contributed by atoms with Crippen LogP contribution in [0.5, 0.6) is 0 Å². The van der Waals surface area contributed by atoms with E-state index in [0.717, 1.165) is 60.8 Å². The molecular formula is C20H24N2O3S. The number of anilines is 2. The molecule has 0 radical (unpaired) electrons. The molecule has 2 aromatic carbocycles. The molecule has 2 aromatic rings. The summed E-state index contributed by atoms with van der Waals surface area (Å²) in [4.78, 5) is 2.30. The number of ether oxygens (including phenoxy) is 1. The van der Waals surface area contributed by atoms with Gasteiger partial charge in [-0.3, -0.25) is 4.31 Å². The highest BCUT2D eigenvalue weighted by Crippen LogP contribution is 2.34.